The van der Waals surface area contributed by atoms with Crippen LogP contribution in [-0.2, 0) is 4.74 Å². The standard InChI is InChI=1S/C27H35N3O3/c1-26(2,3)33-25(32)28-19-14-27(15-19)12-18(13-27)22-20-6-4-5-7-21(20)24(31)30(29-22)23(16-8-9-16)17-10-11-17/h4-7,16-19,23H,8-15H2,1-3H3,(H,28,32). The number of nitrogens with zero attached hydrogens (tertiary/aromatic N) is 2. The van der Waals surface area contributed by atoms with Gasteiger partial charge in [-0.05, 0) is 95.5 Å². The molecule has 6 heteroatoms. The van der Waals surface area contributed by atoms with Crippen molar-refractivity contribution in [2.75, 3.05) is 0 Å². The van der Waals surface area contributed by atoms with Crippen LogP contribution in [0.3, 0.4) is 0 Å². The lowest BCUT2D eigenvalue weighted by molar-refractivity contribution is -0.0263. The summed E-state index contributed by atoms with van der Waals surface area (Å²) in [6.45, 7) is 5.66. The Hall–Kier alpha value is -2.37. The molecule has 0 saturated heterocycles. The number of amides is 1. The summed E-state index contributed by atoms with van der Waals surface area (Å²) in [4.78, 5) is 25.5. The molecule has 0 bridgehead atoms. The number of hydrogen-bond acceptors (Lipinski definition) is 4. The molecule has 4 fully saturated rings. The fourth-order valence-corrected chi connectivity index (χ4v) is 6.47. The summed E-state index contributed by atoms with van der Waals surface area (Å²) in [6, 6.07) is 8.55. The van der Waals surface area contributed by atoms with E-state index in [-0.39, 0.29) is 17.7 Å². The lowest BCUT2D eigenvalue weighted by atomic mass is 9.49. The molecule has 1 amide bonds. The maximum absolute atomic E-state index is 13.4. The number of alkyl carbamates (subject to hydrolysis) is 1. The summed E-state index contributed by atoms with van der Waals surface area (Å²) in [7, 11) is 0. The molecule has 176 valence electrons. The Morgan fingerprint density at radius 2 is 1.67 bits per heavy atom. The minimum absolute atomic E-state index is 0.0949. The number of fused-ring (bicyclic) bond motifs is 1. The van der Waals surface area contributed by atoms with Crippen molar-refractivity contribution in [1.29, 1.82) is 0 Å². The molecular weight excluding hydrogens is 414 g/mol. The van der Waals surface area contributed by atoms with Gasteiger partial charge in [-0.3, -0.25) is 4.79 Å². The van der Waals surface area contributed by atoms with Gasteiger partial charge in [0.2, 0.25) is 0 Å². The van der Waals surface area contributed by atoms with Gasteiger partial charge in [0.05, 0.1) is 17.1 Å². The Balaban J connectivity index is 1.20. The summed E-state index contributed by atoms with van der Waals surface area (Å²) in [5, 5.41) is 9.98. The third-order valence-electron chi connectivity index (χ3n) is 8.17. The number of aromatic nitrogens is 2. The van der Waals surface area contributed by atoms with Gasteiger partial charge in [0, 0.05) is 17.3 Å². The molecule has 1 heterocycles. The Labute approximate surface area is 195 Å². The molecule has 2 aromatic rings. The average Bonchev–Trinajstić information content (AvgIpc) is 3.59. The van der Waals surface area contributed by atoms with Crippen molar-refractivity contribution in [2.24, 2.45) is 17.3 Å². The Morgan fingerprint density at radius 3 is 2.24 bits per heavy atom. The number of hydrogen-bond donors (Lipinski definition) is 1. The van der Waals surface area contributed by atoms with Crippen LogP contribution in [-0.4, -0.2) is 27.5 Å². The molecule has 6 nitrogen and oxygen atoms in total. The molecule has 1 aromatic heterocycles. The number of nitrogens with one attached hydrogen (secondary N) is 1. The zero-order chi connectivity index (χ0) is 23.0. The first-order valence-corrected chi connectivity index (χ1v) is 12.7. The van der Waals surface area contributed by atoms with Crippen molar-refractivity contribution in [3.8, 4) is 0 Å². The van der Waals surface area contributed by atoms with E-state index < -0.39 is 5.60 Å². The second-order valence-corrected chi connectivity index (χ2v) is 12.2. The molecule has 4 aliphatic rings. The summed E-state index contributed by atoms with van der Waals surface area (Å²) in [5.74, 6) is 1.66. The van der Waals surface area contributed by atoms with E-state index in [1.165, 1.54) is 25.7 Å². The smallest absolute Gasteiger partial charge is 0.407 e. The lowest BCUT2D eigenvalue weighted by Crippen LogP contribution is -2.56. The minimum atomic E-state index is -0.471. The first kappa shape index (κ1) is 21.2. The number of carbonyl (C=O) groups excluding carboxylic acids is 1. The average molecular weight is 450 g/mol. The third kappa shape index (κ3) is 3.95. The Bertz CT molecular complexity index is 1130. The van der Waals surface area contributed by atoms with Gasteiger partial charge in [-0.2, -0.15) is 5.10 Å². The van der Waals surface area contributed by atoms with E-state index in [2.05, 4.69) is 11.4 Å². The van der Waals surface area contributed by atoms with Crippen molar-refractivity contribution in [1.82, 2.24) is 15.1 Å². The SMILES string of the molecule is CC(C)(C)OC(=O)NC1CC2(C1)CC(c1nn(C(C3CC3)C3CC3)c(=O)c3ccccc13)C2. The number of benzene rings is 1. The van der Waals surface area contributed by atoms with Gasteiger partial charge in [-0.1, -0.05) is 18.2 Å². The summed E-state index contributed by atoms with van der Waals surface area (Å²) in [5.41, 5.74) is 1.05. The highest BCUT2D eigenvalue weighted by Gasteiger charge is 2.54. The van der Waals surface area contributed by atoms with Gasteiger partial charge >= 0.3 is 6.09 Å². The van der Waals surface area contributed by atoms with Crippen LogP contribution in [0.15, 0.2) is 29.1 Å². The number of carbonyl (C=O) groups is 1. The minimum Gasteiger partial charge on any atom is -0.444 e. The van der Waals surface area contributed by atoms with Gasteiger partial charge in [-0.15, -0.1) is 0 Å². The molecule has 0 aliphatic heterocycles. The van der Waals surface area contributed by atoms with Gasteiger partial charge < -0.3 is 10.1 Å². The predicted octanol–water partition coefficient (Wildman–Crippen LogP) is 5.31. The summed E-state index contributed by atoms with van der Waals surface area (Å²) in [6.07, 6.45) is 8.81. The second kappa shape index (κ2) is 7.31. The number of ether oxygens (including phenoxy) is 1. The van der Waals surface area contributed by atoms with Gasteiger partial charge in [-0.25, -0.2) is 9.48 Å². The third-order valence-corrected chi connectivity index (χ3v) is 8.17. The highest BCUT2D eigenvalue weighted by molar-refractivity contribution is 5.84. The van der Waals surface area contributed by atoms with E-state index in [0.717, 1.165) is 42.1 Å². The van der Waals surface area contributed by atoms with Crippen LogP contribution in [0.4, 0.5) is 4.79 Å². The van der Waals surface area contributed by atoms with E-state index in [0.29, 0.717) is 29.2 Å². The van der Waals surface area contributed by atoms with E-state index in [9.17, 15) is 9.59 Å². The lowest BCUT2D eigenvalue weighted by Gasteiger charge is -2.57. The molecule has 1 aromatic carbocycles. The molecule has 33 heavy (non-hydrogen) atoms. The van der Waals surface area contributed by atoms with E-state index in [1.807, 2.05) is 43.7 Å². The van der Waals surface area contributed by atoms with Crippen molar-refractivity contribution in [2.45, 2.75) is 95.7 Å². The maximum atomic E-state index is 13.4. The Morgan fingerprint density at radius 1 is 1.06 bits per heavy atom. The first-order valence-electron chi connectivity index (χ1n) is 12.7. The molecule has 0 atom stereocenters. The molecule has 1 spiro atoms. The van der Waals surface area contributed by atoms with Crippen LogP contribution in [0.25, 0.3) is 10.8 Å². The van der Waals surface area contributed by atoms with Crippen molar-refractivity contribution in [3.05, 3.63) is 40.3 Å². The van der Waals surface area contributed by atoms with Crippen molar-refractivity contribution < 1.29 is 9.53 Å². The van der Waals surface area contributed by atoms with E-state index in [4.69, 9.17) is 9.84 Å². The zero-order valence-electron chi connectivity index (χ0n) is 20.0. The van der Waals surface area contributed by atoms with Crippen molar-refractivity contribution >= 4 is 16.9 Å². The molecule has 0 unspecified atom stereocenters. The topological polar surface area (TPSA) is 73.2 Å². The van der Waals surface area contributed by atoms with Crippen LogP contribution in [0.5, 0.6) is 0 Å². The zero-order valence-corrected chi connectivity index (χ0v) is 20.0. The molecule has 6 rings (SSSR count). The number of rotatable bonds is 5. The highest BCUT2D eigenvalue weighted by Crippen LogP contribution is 2.62. The van der Waals surface area contributed by atoms with Gasteiger partial charge in [0.25, 0.3) is 5.56 Å². The molecule has 0 radical (unpaired) electrons. The van der Waals surface area contributed by atoms with Crippen LogP contribution in [0.1, 0.15) is 89.8 Å². The quantitative estimate of drug-likeness (QED) is 0.671. The maximum Gasteiger partial charge on any atom is 0.407 e. The predicted molar refractivity (Wildman–Crippen MR) is 127 cm³/mol. The van der Waals surface area contributed by atoms with Crippen LogP contribution >= 0.6 is 0 Å². The van der Waals surface area contributed by atoms with Gasteiger partial charge in [0.15, 0.2) is 0 Å². The largest absolute Gasteiger partial charge is 0.444 e. The highest BCUT2D eigenvalue weighted by atomic mass is 16.6. The second-order valence-electron chi connectivity index (χ2n) is 12.2. The van der Waals surface area contributed by atoms with Crippen LogP contribution in [0, 0.1) is 17.3 Å². The van der Waals surface area contributed by atoms with Crippen LogP contribution < -0.4 is 10.9 Å². The molecule has 4 saturated carbocycles. The monoisotopic (exact) mass is 449 g/mol. The summed E-state index contributed by atoms with van der Waals surface area (Å²) < 4.78 is 7.30. The Kier molecular flexibility index (Phi) is 4.69. The van der Waals surface area contributed by atoms with E-state index in [1.54, 1.807) is 0 Å². The molecule has 1 N–H and O–H groups in total. The van der Waals surface area contributed by atoms with Crippen molar-refractivity contribution in [3.63, 3.8) is 0 Å². The molecule has 4 aliphatic carbocycles. The van der Waals surface area contributed by atoms with Crippen LogP contribution in [0.2, 0.25) is 0 Å². The van der Waals surface area contributed by atoms with E-state index >= 15 is 0 Å². The molecular formula is C27H35N3O3. The fourth-order valence-electron chi connectivity index (χ4n) is 6.47. The van der Waals surface area contributed by atoms with Gasteiger partial charge in [0.1, 0.15) is 5.60 Å². The normalized spacial score (nSPS) is 29.1. The first-order chi connectivity index (χ1) is 15.7. The fraction of sp³-hybridized carbons (Fsp3) is 0.667. The summed E-state index contributed by atoms with van der Waals surface area (Å²) >= 11 is 0.